The molecule has 4 rings (SSSR count). The number of pyridine rings is 1. The lowest BCUT2D eigenvalue weighted by atomic mass is 10.0. The monoisotopic (exact) mass is 329 g/mol. The molecule has 1 aromatic rings. The van der Waals surface area contributed by atoms with Gasteiger partial charge < -0.3 is 10.2 Å². The van der Waals surface area contributed by atoms with E-state index >= 15 is 0 Å². The number of anilines is 1. The molecule has 2 fully saturated rings. The lowest BCUT2D eigenvalue weighted by Crippen LogP contribution is -2.40. The van der Waals surface area contributed by atoms with E-state index in [-0.39, 0.29) is 24.8 Å². The number of rotatable bonds is 1. The standard InChI is InChI=1S/C16H23N3.2ClH/c1-2-13-5-6-14(3-1)19(13)16-7-4-12-8-10-17-11-9-15(12)18-16;;/h4,7,13-14,17H,1-3,5-6,8-11H2;2*1H. The molecule has 2 bridgehead atoms. The van der Waals surface area contributed by atoms with Crippen LogP contribution >= 0.6 is 24.8 Å². The summed E-state index contributed by atoms with van der Waals surface area (Å²) in [5.74, 6) is 1.26. The maximum atomic E-state index is 5.02. The summed E-state index contributed by atoms with van der Waals surface area (Å²) in [5, 5.41) is 3.47. The molecular weight excluding hydrogens is 305 g/mol. The Hall–Kier alpha value is -0.510. The Bertz CT molecular complexity index is 465. The van der Waals surface area contributed by atoms with Gasteiger partial charge in [0.15, 0.2) is 0 Å². The molecule has 3 nitrogen and oxygen atoms in total. The summed E-state index contributed by atoms with van der Waals surface area (Å²) in [5.41, 5.74) is 2.80. The lowest BCUT2D eigenvalue weighted by Gasteiger charge is -2.36. The van der Waals surface area contributed by atoms with Crippen molar-refractivity contribution in [2.45, 2.75) is 57.0 Å². The number of nitrogens with one attached hydrogen (secondary N) is 1. The van der Waals surface area contributed by atoms with E-state index in [1.807, 2.05) is 0 Å². The SMILES string of the molecule is Cl.Cl.c1cc2c(nc1N1C3CCCC1CC3)CCNCC2. The molecule has 4 heterocycles. The molecule has 118 valence electrons. The molecule has 21 heavy (non-hydrogen) atoms. The third kappa shape index (κ3) is 3.15. The van der Waals surface area contributed by atoms with Crippen molar-refractivity contribution in [3.05, 3.63) is 23.4 Å². The first-order chi connectivity index (χ1) is 9.42. The zero-order valence-electron chi connectivity index (χ0n) is 12.4. The molecule has 3 aliphatic heterocycles. The van der Waals surface area contributed by atoms with E-state index in [9.17, 15) is 0 Å². The summed E-state index contributed by atoms with van der Waals surface area (Å²) < 4.78 is 0. The highest BCUT2D eigenvalue weighted by molar-refractivity contribution is 5.85. The summed E-state index contributed by atoms with van der Waals surface area (Å²) in [6, 6.07) is 6.15. The van der Waals surface area contributed by atoms with Crippen molar-refractivity contribution in [3.63, 3.8) is 0 Å². The van der Waals surface area contributed by atoms with Crippen molar-refractivity contribution in [3.8, 4) is 0 Å². The van der Waals surface area contributed by atoms with Crippen LogP contribution in [-0.2, 0) is 12.8 Å². The van der Waals surface area contributed by atoms with Crippen LogP contribution in [0.1, 0.15) is 43.4 Å². The number of nitrogens with zero attached hydrogens (tertiary/aromatic N) is 2. The summed E-state index contributed by atoms with van der Waals surface area (Å²) in [6.45, 7) is 2.18. The Labute approximate surface area is 139 Å². The first kappa shape index (κ1) is 16.9. The summed E-state index contributed by atoms with van der Waals surface area (Å²) in [7, 11) is 0. The van der Waals surface area contributed by atoms with Gasteiger partial charge in [0.1, 0.15) is 5.82 Å². The number of hydrogen-bond acceptors (Lipinski definition) is 3. The smallest absolute Gasteiger partial charge is 0.129 e. The summed E-state index contributed by atoms with van der Waals surface area (Å²) in [6.07, 6.45) is 9.14. The van der Waals surface area contributed by atoms with Gasteiger partial charge in [-0.2, -0.15) is 0 Å². The first-order valence-electron chi connectivity index (χ1n) is 7.90. The topological polar surface area (TPSA) is 28.2 Å². The molecule has 2 atom stereocenters. The minimum atomic E-state index is 0. The largest absolute Gasteiger partial charge is 0.351 e. The molecular formula is C16H25Cl2N3. The van der Waals surface area contributed by atoms with E-state index in [2.05, 4.69) is 22.3 Å². The number of hydrogen-bond donors (Lipinski definition) is 1. The number of fused-ring (bicyclic) bond motifs is 3. The minimum absolute atomic E-state index is 0. The van der Waals surface area contributed by atoms with E-state index in [1.165, 1.54) is 49.2 Å². The third-order valence-electron chi connectivity index (χ3n) is 5.12. The van der Waals surface area contributed by atoms with Crippen LogP contribution in [0.2, 0.25) is 0 Å². The van der Waals surface area contributed by atoms with Gasteiger partial charge in [-0.1, -0.05) is 6.07 Å². The second kappa shape index (κ2) is 7.17. The Morgan fingerprint density at radius 2 is 1.67 bits per heavy atom. The van der Waals surface area contributed by atoms with E-state index in [0.29, 0.717) is 0 Å². The molecule has 0 aromatic carbocycles. The van der Waals surface area contributed by atoms with Gasteiger partial charge in [0.2, 0.25) is 0 Å². The molecule has 3 aliphatic rings. The number of halogens is 2. The molecule has 1 N–H and O–H groups in total. The molecule has 1 aromatic heterocycles. The Balaban J connectivity index is 0.000000807. The maximum absolute atomic E-state index is 5.02. The normalized spacial score (nSPS) is 27.1. The molecule has 2 saturated heterocycles. The Morgan fingerprint density at radius 3 is 2.43 bits per heavy atom. The van der Waals surface area contributed by atoms with Gasteiger partial charge in [0, 0.05) is 30.7 Å². The second-order valence-electron chi connectivity index (χ2n) is 6.25. The third-order valence-corrected chi connectivity index (χ3v) is 5.12. The van der Waals surface area contributed by atoms with E-state index in [1.54, 1.807) is 0 Å². The summed E-state index contributed by atoms with van der Waals surface area (Å²) in [4.78, 5) is 7.66. The highest BCUT2D eigenvalue weighted by atomic mass is 35.5. The van der Waals surface area contributed by atoms with Crippen molar-refractivity contribution in [2.75, 3.05) is 18.0 Å². The fraction of sp³-hybridized carbons (Fsp3) is 0.688. The van der Waals surface area contributed by atoms with Crippen molar-refractivity contribution >= 4 is 30.6 Å². The van der Waals surface area contributed by atoms with Gasteiger partial charge in [0.25, 0.3) is 0 Å². The predicted octanol–water partition coefficient (Wildman–Crippen LogP) is 3.13. The van der Waals surface area contributed by atoms with Crippen LogP contribution < -0.4 is 10.2 Å². The molecule has 0 radical (unpaired) electrons. The Kier molecular flexibility index (Phi) is 5.75. The van der Waals surface area contributed by atoms with E-state index in [0.717, 1.165) is 38.0 Å². The van der Waals surface area contributed by atoms with Crippen LogP contribution in [0.4, 0.5) is 5.82 Å². The van der Waals surface area contributed by atoms with Gasteiger partial charge >= 0.3 is 0 Å². The van der Waals surface area contributed by atoms with Crippen molar-refractivity contribution < 1.29 is 0 Å². The minimum Gasteiger partial charge on any atom is -0.351 e. The highest BCUT2D eigenvalue weighted by Gasteiger charge is 2.37. The van der Waals surface area contributed by atoms with E-state index < -0.39 is 0 Å². The molecule has 2 unspecified atom stereocenters. The summed E-state index contributed by atoms with van der Waals surface area (Å²) >= 11 is 0. The van der Waals surface area contributed by atoms with Gasteiger partial charge in [-0.05, 0) is 56.7 Å². The van der Waals surface area contributed by atoms with Crippen LogP contribution in [0, 0.1) is 0 Å². The molecule has 0 spiro atoms. The maximum Gasteiger partial charge on any atom is 0.129 e. The van der Waals surface area contributed by atoms with Crippen molar-refractivity contribution in [1.29, 1.82) is 0 Å². The van der Waals surface area contributed by atoms with Crippen molar-refractivity contribution in [2.24, 2.45) is 0 Å². The average molecular weight is 330 g/mol. The van der Waals surface area contributed by atoms with Crippen LogP contribution in [0.3, 0.4) is 0 Å². The van der Waals surface area contributed by atoms with Crippen LogP contribution in [0.15, 0.2) is 12.1 Å². The van der Waals surface area contributed by atoms with Gasteiger partial charge in [-0.25, -0.2) is 4.98 Å². The Morgan fingerprint density at radius 1 is 0.952 bits per heavy atom. The van der Waals surface area contributed by atoms with Crippen LogP contribution in [-0.4, -0.2) is 30.2 Å². The average Bonchev–Trinajstić information content (AvgIpc) is 2.64. The molecule has 0 aliphatic carbocycles. The fourth-order valence-corrected chi connectivity index (χ4v) is 4.15. The second-order valence-corrected chi connectivity index (χ2v) is 6.25. The first-order valence-corrected chi connectivity index (χ1v) is 7.90. The van der Waals surface area contributed by atoms with E-state index in [4.69, 9.17) is 4.98 Å². The van der Waals surface area contributed by atoms with Crippen molar-refractivity contribution in [1.82, 2.24) is 10.3 Å². The van der Waals surface area contributed by atoms with Gasteiger partial charge in [-0.3, -0.25) is 0 Å². The predicted molar refractivity (Wildman–Crippen MR) is 92.2 cm³/mol. The highest BCUT2D eigenvalue weighted by Crippen LogP contribution is 2.38. The van der Waals surface area contributed by atoms with Gasteiger partial charge in [0.05, 0.1) is 0 Å². The fourth-order valence-electron chi connectivity index (χ4n) is 4.15. The quantitative estimate of drug-likeness (QED) is 0.857. The molecule has 0 saturated carbocycles. The lowest BCUT2D eigenvalue weighted by molar-refractivity contribution is 0.464. The molecule has 0 amide bonds. The van der Waals surface area contributed by atoms with Gasteiger partial charge in [-0.15, -0.1) is 24.8 Å². The number of piperidine rings is 1. The van der Waals surface area contributed by atoms with Crippen LogP contribution in [0.5, 0.6) is 0 Å². The number of aromatic nitrogens is 1. The molecule has 5 heteroatoms. The van der Waals surface area contributed by atoms with Crippen LogP contribution in [0.25, 0.3) is 0 Å². The zero-order chi connectivity index (χ0) is 12.7. The zero-order valence-corrected chi connectivity index (χ0v) is 14.0.